The Hall–Kier alpha value is -2.57. The minimum Gasteiger partial charge on any atom is -0.394 e. The van der Waals surface area contributed by atoms with E-state index in [1.807, 2.05) is 0 Å². The largest absolute Gasteiger partial charge is 0.394 e. The monoisotopic (exact) mass is 964 g/mol. The van der Waals surface area contributed by atoms with Gasteiger partial charge in [0.25, 0.3) is 0 Å². The molecular weight excluding hydrogens is 871 g/mol. The fourth-order valence-electron chi connectivity index (χ4n) is 8.18. The summed E-state index contributed by atoms with van der Waals surface area (Å²) in [6.07, 6.45) is 33.4. The van der Waals surface area contributed by atoms with Crippen LogP contribution in [-0.4, -0.2) is 140 Å². The smallest absolute Gasteiger partial charge is 0.220 e. The molecule has 2 fully saturated rings. The molecule has 2 aliphatic heterocycles. The molecule has 2 rings (SSSR count). The first-order valence-electron chi connectivity index (χ1n) is 26.2. The third kappa shape index (κ3) is 26.6. The zero-order valence-corrected chi connectivity index (χ0v) is 41.6. The van der Waals surface area contributed by atoms with E-state index in [0.717, 1.165) is 103 Å². The number of amides is 1. The molecule has 14 heteroatoms. The van der Waals surface area contributed by atoms with Crippen molar-refractivity contribution in [2.75, 3.05) is 19.8 Å². The van der Waals surface area contributed by atoms with E-state index in [1.54, 1.807) is 0 Å². The Morgan fingerprint density at radius 3 is 1.56 bits per heavy atom. The standard InChI is InChI=1S/C54H93NO13/c1-3-5-7-9-11-13-14-15-16-17-18-19-20-21-22-23-24-25-26-27-28-30-32-34-36-38-46(59)55-42(43(58)37-35-33-31-29-12-10-8-6-4-2)41-65-53-51(64)49(62)52(45(40-57)67-53)68-54-50(63)48(61)47(60)44(39-56)66-54/h5,7,11,13,15-16,18-19,21-22,24-25,42-45,47-54,56-58,60-64H,3-4,6,8-10,12,14,17,20,23,26-41H2,1-2H3,(H,55,59)/b7-5-,13-11-,16-15-,19-18-,22-21-,25-24-. The average Bonchev–Trinajstić information content (AvgIpc) is 3.34. The highest BCUT2D eigenvalue weighted by atomic mass is 16.7. The summed E-state index contributed by atoms with van der Waals surface area (Å²) < 4.78 is 22.7. The van der Waals surface area contributed by atoms with Gasteiger partial charge >= 0.3 is 0 Å². The Morgan fingerprint density at radius 2 is 1.01 bits per heavy atom. The molecule has 2 heterocycles. The van der Waals surface area contributed by atoms with Gasteiger partial charge in [0.15, 0.2) is 12.6 Å². The van der Waals surface area contributed by atoms with E-state index < -0.39 is 86.8 Å². The number of nitrogens with one attached hydrogen (secondary N) is 1. The molecule has 0 saturated carbocycles. The van der Waals surface area contributed by atoms with Crippen molar-refractivity contribution in [3.8, 4) is 0 Å². The number of carbonyl (C=O) groups excluding carboxylic acids is 1. The van der Waals surface area contributed by atoms with Crippen LogP contribution in [0.5, 0.6) is 0 Å². The number of carbonyl (C=O) groups is 1. The summed E-state index contributed by atoms with van der Waals surface area (Å²) in [5, 5.41) is 86.8. The van der Waals surface area contributed by atoms with E-state index in [4.69, 9.17) is 18.9 Å². The third-order valence-corrected chi connectivity index (χ3v) is 12.4. The van der Waals surface area contributed by atoms with E-state index in [2.05, 4.69) is 92.1 Å². The van der Waals surface area contributed by atoms with Crippen LogP contribution in [0.15, 0.2) is 72.9 Å². The van der Waals surface area contributed by atoms with Gasteiger partial charge in [-0.3, -0.25) is 4.79 Å². The lowest BCUT2D eigenvalue weighted by Crippen LogP contribution is -2.65. The Morgan fingerprint density at radius 1 is 0.544 bits per heavy atom. The molecule has 0 aromatic rings. The molecule has 0 aromatic carbocycles. The quantitative estimate of drug-likeness (QED) is 0.0220. The number of aliphatic hydroxyl groups is 8. The van der Waals surface area contributed by atoms with Crippen LogP contribution in [-0.2, 0) is 23.7 Å². The topological polar surface area (TPSA) is 228 Å². The van der Waals surface area contributed by atoms with Gasteiger partial charge in [-0.1, -0.05) is 170 Å². The van der Waals surface area contributed by atoms with E-state index in [1.165, 1.54) is 32.1 Å². The first-order valence-corrected chi connectivity index (χ1v) is 26.2. The lowest BCUT2D eigenvalue weighted by atomic mass is 9.97. The molecule has 2 saturated heterocycles. The van der Waals surface area contributed by atoms with Gasteiger partial charge in [0.2, 0.25) is 5.91 Å². The molecule has 392 valence electrons. The lowest BCUT2D eigenvalue weighted by Gasteiger charge is -2.46. The number of hydrogen-bond donors (Lipinski definition) is 9. The number of ether oxygens (including phenoxy) is 4. The second-order valence-electron chi connectivity index (χ2n) is 18.3. The van der Waals surface area contributed by atoms with Crippen molar-refractivity contribution in [3.63, 3.8) is 0 Å². The molecule has 0 radical (unpaired) electrons. The predicted octanol–water partition coefficient (Wildman–Crippen LogP) is 7.21. The zero-order chi connectivity index (χ0) is 49.6. The molecule has 2 aliphatic rings. The van der Waals surface area contributed by atoms with Gasteiger partial charge in [0, 0.05) is 6.42 Å². The number of allylic oxidation sites excluding steroid dienone is 12. The van der Waals surface area contributed by atoms with Crippen molar-refractivity contribution in [1.82, 2.24) is 5.32 Å². The normalized spacial score (nSPS) is 27.0. The second-order valence-corrected chi connectivity index (χ2v) is 18.3. The number of rotatable bonds is 39. The molecule has 0 bridgehead atoms. The van der Waals surface area contributed by atoms with Crippen molar-refractivity contribution >= 4 is 5.91 Å². The maximum Gasteiger partial charge on any atom is 0.220 e. The fraction of sp³-hybridized carbons (Fsp3) is 0.759. The predicted molar refractivity (Wildman–Crippen MR) is 267 cm³/mol. The Bertz CT molecular complexity index is 1420. The van der Waals surface area contributed by atoms with Crippen LogP contribution in [0.25, 0.3) is 0 Å². The van der Waals surface area contributed by atoms with Crippen molar-refractivity contribution in [2.24, 2.45) is 0 Å². The molecular formula is C54H93NO13. The molecule has 12 unspecified atom stereocenters. The third-order valence-electron chi connectivity index (χ3n) is 12.4. The Kier molecular flexibility index (Phi) is 36.3. The van der Waals surface area contributed by atoms with Crippen LogP contribution < -0.4 is 5.32 Å². The van der Waals surface area contributed by atoms with Gasteiger partial charge < -0.3 is 65.1 Å². The summed E-state index contributed by atoms with van der Waals surface area (Å²) in [7, 11) is 0. The van der Waals surface area contributed by atoms with Gasteiger partial charge in [-0.05, 0) is 64.2 Å². The van der Waals surface area contributed by atoms with Gasteiger partial charge in [0.1, 0.15) is 48.8 Å². The van der Waals surface area contributed by atoms with E-state index in [0.29, 0.717) is 12.8 Å². The number of unbranched alkanes of at least 4 members (excludes halogenated alkanes) is 14. The summed E-state index contributed by atoms with van der Waals surface area (Å²) in [5.41, 5.74) is 0. The molecule has 9 N–H and O–H groups in total. The lowest BCUT2D eigenvalue weighted by molar-refractivity contribution is -0.359. The minimum absolute atomic E-state index is 0.228. The van der Waals surface area contributed by atoms with E-state index in [9.17, 15) is 45.6 Å². The summed E-state index contributed by atoms with van der Waals surface area (Å²) in [4.78, 5) is 13.2. The Balaban J connectivity index is 1.75. The molecule has 0 aliphatic carbocycles. The number of aliphatic hydroxyl groups excluding tert-OH is 8. The van der Waals surface area contributed by atoms with Gasteiger partial charge in [-0.15, -0.1) is 0 Å². The molecule has 14 nitrogen and oxygen atoms in total. The highest BCUT2D eigenvalue weighted by Gasteiger charge is 2.51. The van der Waals surface area contributed by atoms with Crippen molar-refractivity contribution in [1.29, 1.82) is 0 Å². The van der Waals surface area contributed by atoms with E-state index in [-0.39, 0.29) is 18.9 Å². The van der Waals surface area contributed by atoms with E-state index >= 15 is 0 Å². The highest BCUT2D eigenvalue weighted by Crippen LogP contribution is 2.30. The average molecular weight is 964 g/mol. The first kappa shape index (κ1) is 61.5. The Labute approximate surface area is 408 Å². The van der Waals surface area contributed by atoms with Crippen LogP contribution in [0, 0.1) is 0 Å². The maximum atomic E-state index is 13.2. The molecule has 0 aromatic heterocycles. The first-order chi connectivity index (χ1) is 33.1. The van der Waals surface area contributed by atoms with Crippen molar-refractivity contribution < 1.29 is 64.6 Å². The van der Waals surface area contributed by atoms with Gasteiger partial charge in [0.05, 0.1) is 32.0 Å². The fourth-order valence-corrected chi connectivity index (χ4v) is 8.18. The van der Waals surface area contributed by atoms with Crippen molar-refractivity contribution in [2.45, 2.75) is 242 Å². The van der Waals surface area contributed by atoms with Gasteiger partial charge in [-0.2, -0.15) is 0 Å². The minimum atomic E-state index is -1.79. The number of hydrogen-bond acceptors (Lipinski definition) is 13. The summed E-state index contributed by atoms with van der Waals surface area (Å²) >= 11 is 0. The summed E-state index contributed by atoms with van der Waals surface area (Å²) in [5.74, 6) is -0.228. The van der Waals surface area contributed by atoms with Crippen molar-refractivity contribution in [3.05, 3.63) is 72.9 Å². The molecule has 12 atom stereocenters. The van der Waals surface area contributed by atoms with Crippen LogP contribution in [0.1, 0.15) is 168 Å². The van der Waals surface area contributed by atoms with Crippen LogP contribution in [0.3, 0.4) is 0 Å². The second kappa shape index (κ2) is 40.1. The molecule has 68 heavy (non-hydrogen) atoms. The zero-order valence-electron chi connectivity index (χ0n) is 41.6. The highest BCUT2D eigenvalue weighted by molar-refractivity contribution is 5.76. The summed E-state index contributed by atoms with van der Waals surface area (Å²) in [6, 6.07) is -0.839. The van der Waals surface area contributed by atoms with Crippen LogP contribution >= 0.6 is 0 Å². The van der Waals surface area contributed by atoms with Crippen LogP contribution in [0.2, 0.25) is 0 Å². The van der Waals surface area contributed by atoms with Gasteiger partial charge in [-0.25, -0.2) is 0 Å². The maximum absolute atomic E-state index is 13.2. The SMILES string of the molecule is CC/C=C\C/C=C\C/C=C\C/C=C\C/C=C\C/C=C\CCCCCCCCC(=O)NC(COC1OC(CO)C(OC2OC(CO)C(O)C(O)C2O)C(O)C1O)C(O)CCCCCCCCCCC. The van der Waals surface area contributed by atoms with Crippen LogP contribution in [0.4, 0.5) is 0 Å². The molecule has 1 amide bonds. The summed E-state index contributed by atoms with van der Waals surface area (Å²) in [6.45, 7) is 2.67. The molecule has 0 spiro atoms.